The number of rotatable bonds is 3. The number of nitrogens with one attached hydrogen (secondary N) is 1. The fourth-order valence-electron chi connectivity index (χ4n) is 2.80. The van der Waals surface area contributed by atoms with E-state index in [1.165, 1.54) is 56.3 Å². The molecule has 0 amide bonds. The first-order valence-electron chi connectivity index (χ1n) is 6.59. The van der Waals surface area contributed by atoms with E-state index in [2.05, 4.69) is 28.3 Å². The van der Waals surface area contributed by atoms with Crippen molar-refractivity contribution in [2.45, 2.75) is 50.5 Å². The molecule has 1 aromatic rings. The fourth-order valence-corrected chi connectivity index (χ4v) is 2.80. The van der Waals surface area contributed by atoms with E-state index >= 15 is 0 Å². The first-order chi connectivity index (χ1) is 7.84. The van der Waals surface area contributed by atoms with E-state index in [0.29, 0.717) is 6.04 Å². The van der Waals surface area contributed by atoms with Gasteiger partial charge in [0.05, 0.1) is 6.20 Å². The van der Waals surface area contributed by atoms with Crippen molar-refractivity contribution in [3.63, 3.8) is 0 Å². The molecule has 1 atom stereocenters. The van der Waals surface area contributed by atoms with E-state index in [9.17, 15) is 0 Å². The summed E-state index contributed by atoms with van der Waals surface area (Å²) in [5.74, 6) is 0.826. The predicted molar refractivity (Wildman–Crippen MR) is 64.5 cm³/mol. The van der Waals surface area contributed by atoms with Gasteiger partial charge in [-0.1, -0.05) is 6.42 Å². The molecular weight excluding hydrogens is 198 g/mol. The standard InChI is InChI=1S/C13H21N3/c1-16-13(8-11-4-2-3-7-14-11)12(9-15-16)10-5-6-10/h9-11,14H,2-8H2,1H3. The zero-order valence-electron chi connectivity index (χ0n) is 10.1. The molecule has 1 aliphatic carbocycles. The molecule has 2 heterocycles. The Balaban J connectivity index is 1.74. The maximum absolute atomic E-state index is 4.43. The monoisotopic (exact) mass is 219 g/mol. The number of hydrogen-bond donors (Lipinski definition) is 1. The zero-order chi connectivity index (χ0) is 11.0. The minimum atomic E-state index is 0.682. The van der Waals surface area contributed by atoms with Gasteiger partial charge in [0.2, 0.25) is 0 Å². The van der Waals surface area contributed by atoms with Gasteiger partial charge in [-0.25, -0.2) is 0 Å². The number of nitrogens with zero attached hydrogens (tertiary/aromatic N) is 2. The Hall–Kier alpha value is -0.830. The van der Waals surface area contributed by atoms with Crippen molar-refractivity contribution in [1.29, 1.82) is 0 Å². The second kappa shape index (κ2) is 4.21. The quantitative estimate of drug-likeness (QED) is 0.842. The van der Waals surface area contributed by atoms with Gasteiger partial charge in [-0.3, -0.25) is 4.68 Å². The van der Waals surface area contributed by atoms with Crippen molar-refractivity contribution in [1.82, 2.24) is 15.1 Å². The molecule has 3 heteroatoms. The van der Waals surface area contributed by atoms with Crippen molar-refractivity contribution in [3.8, 4) is 0 Å². The predicted octanol–water partition coefficient (Wildman–Crippen LogP) is 1.98. The van der Waals surface area contributed by atoms with Crippen molar-refractivity contribution in [2.75, 3.05) is 6.54 Å². The second-order valence-corrected chi connectivity index (χ2v) is 5.30. The van der Waals surface area contributed by atoms with Crippen LogP contribution in [0.3, 0.4) is 0 Å². The van der Waals surface area contributed by atoms with Crippen LogP contribution in [0.15, 0.2) is 6.20 Å². The van der Waals surface area contributed by atoms with Crippen LogP contribution < -0.4 is 5.32 Å². The Kier molecular flexibility index (Phi) is 2.72. The molecule has 1 unspecified atom stereocenters. The molecule has 1 aromatic heterocycles. The van der Waals surface area contributed by atoms with Gasteiger partial charge in [0.25, 0.3) is 0 Å². The van der Waals surface area contributed by atoms with Crippen LogP contribution in [-0.2, 0) is 13.5 Å². The minimum Gasteiger partial charge on any atom is -0.314 e. The molecule has 1 saturated heterocycles. The molecule has 1 saturated carbocycles. The largest absolute Gasteiger partial charge is 0.314 e. The average molecular weight is 219 g/mol. The lowest BCUT2D eigenvalue weighted by Crippen LogP contribution is -2.36. The van der Waals surface area contributed by atoms with E-state index in [4.69, 9.17) is 0 Å². The van der Waals surface area contributed by atoms with Crippen LogP contribution in [0.4, 0.5) is 0 Å². The number of aromatic nitrogens is 2. The SMILES string of the molecule is Cn1ncc(C2CC2)c1CC1CCCCN1. The number of aryl methyl sites for hydroxylation is 1. The summed E-state index contributed by atoms with van der Waals surface area (Å²) in [6.45, 7) is 1.20. The van der Waals surface area contributed by atoms with Crippen LogP contribution in [0.25, 0.3) is 0 Å². The molecule has 2 aliphatic rings. The minimum absolute atomic E-state index is 0.682. The summed E-state index contributed by atoms with van der Waals surface area (Å²) in [7, 11) is 2.09. The van der Waals surface area contributed by atoms with E-state index < -0.39 is 0 Å². The van der Waals surface area contributed by atoms with Gasteiger partial charge in [-0.15, -0.1) is 0 Å². The third kappa shape index (κ3) is 2.01. The van der Waals surface area contributed by atoms with Crippen molar-refractivity contribution >= 4 is 0 Å². The molecule has 3 rings (SSSR count). The highest BCUT2D eigenvalue weighted by Gasteiger charge is 2.29. The zero-order valence-corrected chi connectivity index (χ0v) is 10.1. The Bertz CT molecular complexity index is 359. The molecule has 0 bridgehead atoms. The van der Waals surface area contributed by atoms with Gasteiger partial charge in [-0.2, -0.15) is 5.10 Å². The maximum atomic E-state index is 4.43. The molecule has 2 fully saturated rings. The Labute approximate surface area is 97.2 Å². The van der Waals surface area contributed by atoms with Gasteiger partial charge < -0.3 is 5.32 Å². The van der Waals surface area contributed by atoms with Crippen LogP contribution in [0.5, 0.6) is 0 Å². The first kappa shape index (κ1) is 10.3. The maximum Gasteiger partial charge on any atom is 0.0527 e. The molecule has 3 nitrogen and oxygen atoms in total. The molecule has 88 valence electrons. The molecular formula is C13H21N3. The number of piperidine rings is 1. The van der Waals surface area contributed by atoms with E-state index in [0.717, 1.165) is 5.92 Å². The van der Waals surface area contributed by atoms with Gasteiger partial charge in [0.15, 0.2) is 0 Å². The third-order valence-electron chi connectivity index (χ3n) is 3.96. The molecule has 0 spiro atoms. The molecule has 0 radical (unpaired) electrons. The van der Waals surface area contributed by atoms with E-state index in [1.807, 2.05) is 0 Å². The number of hydrogen-bond acceptors (Lipinski definition) is 2. The highest BCUT2D eigenvalue weighted by Crippen LogP contribution is 2.41. The van der Waals surface area contributed by atoms with Crippen LogP contribution in [0.2, 0.25) is 0 Å². The lowest BCUT2D eigenvalue weighted by molar-refractivity contribution is 0.392. The molecule has 0 aromatic carbocycles. The van der Waals surface area contributed by atoms with Crippen LogP contribution in [0, 0.1) is 0 Å². The van der Waals surface area contributed by atoms with Gasteiger partial charge in [0, 0.05) is 25.2 Å². The van der Waals surface area contributed by atoms with Gasteiger partial charge >= 0.3 is 0 Å². The summed E-state index contributed by atoms with van der Waals surface area (Å²) < 4.78 is 2.09. The highest BCUT2D eigenvalue weighted by molar-refractivity contribution is 5.27. The Morgan fingerprint density at radius 3 is 2.94 bits per heavy atom. The van der Waals surface area contributed by atoms with Crippen molar-refractivity contribution in [2.24, 2.45) is 7.05 Å². The molecule has 1 N–H and O–H groups in total. The van der Waals surface area contributed by atoms with Crippen molar-refractivity contribution < 1.29 is 0 Å². The molecule has 16 heavy (non-hydrogen) atoms. The summed E-state index contributed by atoms with van der Waals surface area (Å²) in [6.07, 6.45) is 10.1. The normalized spacial score (nSPS) is 25.9. The summed E-state index contributed by atoms with van der Waals surface area (Å²) >= 11 is 0. The van der Waals surface area contributed by atoms with Crippen LogP contribution >= 0.6 is 0 Å². The first-order valence-corrected chi connectivity index (χ1v) is 6.59. The smallest absolute Gasteiger partial charge is 0.0527 e. The lowest BCUT2D eigenvalue weighted by atomic mass is 9.98. The van der Waals surface area contributed by atoms with E-state index in [1.54, 1.807) is 0 Å². The molecule has 1 aliphatic heterocycles. The Morgan fingerprint density at radius 2 is 2.25 bits per heavy atom. The third-order valence-corrected chi connectivity index (χ3v) is 3.96. The summed E-state index contributed by atoms with van der Waals surface area (Å²) in [6, 6.07) is 0.682. The summed E-state index contributed by atoms with van der Waals surface area (Å²) in [4.78, 5) is 0. The van der Waals surface area contributed by atoms with Gasteiger partial charge in [-0.05, 0) is 43.7 Å². The van der Waals surface area contributed by atoms with Crippen molar-refractivity contribution in [3.05, 3.63) is 17.5 Å². The Morgan fingerprint density at radius 1 is 1.38 bits per heavy atom. The summed E-state index contributed by atoms with van der Waals surface area (Å²) in [5, 5.41) is 8.06. The average Bonchev–Trinajstić information content (AvgIpc) is 3.08. The van der Waals surface area contributed by atoms with E-state index in [-0.39, 0.29) is 0 Å². The van der Waals surface area contributed by atoms with Crippen LogP contribution in [0.1, 0.15) is 49.3 Å². The van der Waals surface area contributed by atoms with Gasteiger partial charge in [0.1, 0.15) is 0 Å². The topological polar surface area (TPSA) is 29.9 Å². The highest BCUT2D eigenvalue weighted by atomic mass is 15.3. The summed E-state index contributed by atoms with van der Waals surface area (Å²) in [5.41, 5.74) is 3.00. The van der Waals surface area contributed by atoms with Crippen LogP contribution in [-0.4, -0.2) is 22.4 Å². The lowest BCUT2D eigenvalue weighted by Gasteiger charge is -2.23. The second-order valence-electron chi connectivity index (χ2n) is 5.30. The fraction of sp³-hybridized carbons (Fsp3) is 0.769.